The predicted octanol–water partition coefficient (Wildman–Crippen LogP) is 2.17. The fourth-order valence-electron chi connectivity index (χ4n) is 1.41. The Morgan fingerprint density at radius 1 is 1.61 bits per heavy atom. The summed E-state index contributed by atoms with van der Waals surface area (Å²) in [5.41, 5.74) is 0. The number of carboxylic acid groups (broad SMARTS) is 1. The van der Waals surface area contributed by atoms with Crippen LogP contribution in [0.3, 0.4) is 0 Å². The van der Waals surface area contributed by atoms with Crippen LogP contribution in [0.4, 0.5) is 0 Å². The Balaban J connectivity index is 2.11. The lowest BCUT2D eigenvalue weighted by molar-refractivity contribution is -0.141. The summed E-state index contributed by atoms with van der Waals surface area (Å²) in [7, 11) is 0. The smallest absolute Gasteiger partial charge is 0.306 e. The average molecular weight is 287 g/mol. The van der Waals surface area contributed by atoms with Gasteiger partial charge in [-0.2, -0.15) is 0 Å². The van der Waals surface area contributed by atoms with Crippen LogP contribution >= 0.6 is 22.9 Å². The zero-order chi connectivity index (χ0) is 13.1. The maximum atomic E-state index is 10.7. The Bertz CT molecular complexity index is 554. The number of carboxylic acids is 1. The van der Waals surface area contributed by atoms with E-state index in [0.29, 0.717) is 23.1 Å². The summed E-state index contributed by atoms with van der Waals surface area (Å²) in [6.07, 6.45) is 0.479. The molecule has 0 saturated heterocycles. The van der Waals surface area contributed by atoms with Gasteiger partial charge < -0.3 is 5.11 Å². The van der Waals surface area contributed by atoms with Crippen LogP contribution in [0.1, 0.15) is 13.3 Å². The fraction of sp³-hybridized carbons (Fsp3) is 0.400. The molecule has 2 heterocycles. The van der Waals surface area contributed by atoms with E-state index in [0.717, 1.165) is 4.88 Å². The maximum Gasteiger partial charge on any atom is 0.306 e. The van der Waals surface area contributed by atoms with Crippen molar-refractivity contribution in [2.75, 3.05) is 0 Å². The summed E-state index contributed by atoms with van der Waals surface area (Å²) in [6.45, 7) is 2.12. The summed E-state index contributed by atoms with van der Waals surface area (Å²) in [6, 6.07) is 3.62. The van der Waals surface area contributed by atoms with Gasteiger partial charge in [0.15, 0.2) is 5.82 Å². The largest absolute Gasteiger partial charge is 0.481 e. The number of hydrogen-bond acceptors (Lipinski definition) is 5. The molecule has 96 valence electrons. The van der Waals surface area contributed by atoms with Crippen LogP contribution in [0.15, 0.2) is 12.1 Å². The number of halogens is 1. The van der Waals surface area contributed by atoms with E-state index in [4.69, 9.17) is 16.7 Å². The van der Waals surface area contributed by atoms with Crippen LogP contribution in [0.2, 0.25) is 4.34 Å². The fourth-order valence-corrected chi connectivity index (χ4v) is 2.44. The van der Waals surface area contributed by atoms with Gasteiger partial charge >= 0.3 is 5.97 Å². The highest BCUT2D eigenvalue weighted by Crippen LogP contribution is 2.29. The second-order valence-corrected chi connectivity index (χ2v) is 5.57. The third-order valence-electron chi connectivity index (χ3n) is 2.52. The standard InChI is InChI=1S/C10H11ClN4O2S/c1-6(10(16)17)4-5-15-9(12-13-14-15)7-2-3-8(11)18-7/h2-3,6H,4-5H2,1H3,(H,16,17). The molecule has 0 aromatic carbocycles. The molecular weight excluding hydrogens is 276 g/mol. The highest BCUT2D eigenvalue weighted by molar-refractivity contribution is 7.19. The van der Waals surface area contributed by atoms with Crippen molar-refractivity contribution < 1.29 is 9.90 Å². The van der Waals surface area contributed by atoms with E-state index in [1.54, 1.807) is 17.7 Å². The number of tetrazole rings is 1. The molecule has 2 aromatic rings. The van der Waals surface area contributed by atoms with Gasteiger partial charge in [0.25, 0.3) is 0 Å². The predicted molar refractivity (Wildman–Crippen MR) is 67.6 cm³/mol. The van der Waals surface area contributed by atoms with E-state index in [1.807, 2.05) is 6.07 Å². The molecule has 0 saturated carbocycles. The van der Waals surface area contributed by atoms with Gasteiger partial charge in [-0.3, -0.25) is 4.79 Å². The summed E-state index contributed by atoms with van der Waals surface area (Å²) >= 11 is 7.25. The third kappa shape index (κ3) is 2.85. The van der Waals surface area contributed by atoms with Crippen molar-refractivity contribution in [3.05, 3.63) is 16.5 Å². The number of rotatable bonds is 5. The van der Waals surface area contributed by atoms with Gasteiger partial charge in [-0.1, -0.05) is 18.5 Å². The van der Waals surface area contributed by atoms with Crippen LogP contribution in [0.5, 0.6) is 0 Å². The molecule has 0 aliphatic heterocycles. The molecule has 2 rings (SSSR count). The first kappa shape index (κ1) is 13.0. The van der Waals surface area contributed by atoms with Crippen molar-refractivity contribution in [3.8, 4) is 10.7 Å². The second-order valence-electron chi connectivity index (χ2n) is 3.86. The van der Waals surface area contributed by atoms with Crippen molar-refractivity contribution >= 4 is 28.9 Å². The molecule has 0 aliphatic carbocycles. The molecule has 0 radical (unpaired) electrons. The van der Waals surface area contributed by atoms with Crippen LogP contribution in [0, 0.1) is 5.92 Å². The van der Waals surface area contributed by atoms with Crippen molar-refractivity contribution in [2.24, 2.45) is 5.92 Å². The van der Waals surface area contributed by atoms with Crippen LogP contribution in [-0.2, 0) is 11.3 Å². The van der Waals surface area contributed by atoms with E-state index in [1.165, 1.54) is 11.3 Å². The normalized spacial score (nSPS) is 12.6. The van der Waals surface area contributed by atoms with Crippen LogP contribution in [-0.4, -0.2) is 31.3 Å². The number of nitrogens with zero attached hydrogens (tertiary/aromatic N) is 4. The number of aliphatic carboxylic acids is 1. The first-order chi connectivity index (χ1) is 8.58. The molecular formula is C10H11ClN4O2S. The Kier molecular flexibility index (Phi) is 3.93. The van der Waals surface area contributed by atoms with Gasteiger partial charge in [-0.25, -0.2) is 4.68 Å². The molecule has 1 atom stereocenters. The third-order valence-corrected chi connectivity index (χ3v) is 3.75. The van der Waals surface area contributed by atoms with Crippen molar-refractivity contribution in [1.29, 1.82) is 0 Å². The molecule has 8 heteroatoms. The Hall–Kier alpha value is -1.47. The molecule has 0 aliphatic rings. The summed E-state index contributed by atoms with van der Waals surface area (Å²) in [5, 5.41) is 20.2. The first-order valence-corrected chi connectivity index (χ1v) is 6.52. The molecule has 0 amide bonds. The number of carbonyl (C=O) groups is 1. The first-order valence-electron chi connectivity index (χ1n) is 5.32. The maximum absolute atomic E-state index is 10.7. The highest BCUT2D eigenvalue weighted by atomic mass is 35.5. The number of aromatic nitrogens is 4. The molecule has 0 spiro atoms. The lowest BCUT2D eigenvalue weighted by Crippen LogP contribution is -2.13. The van der Waals surface area contributed by atoms with Crippen molar-refractivity contribution in [3.63, 3.8) is 0 Å². The lowest BCUT2D eigenvalue weighted by atomic mass is 10.1. The van der Waals surface area contributed by atoms with Crippen LogP contribution < -0.4 is 0 Å². The lowest BCUT2D eigenvalue weighted by Gasteiger charge is -2.06. The zero-order valence-corrected chi connectivity index (χ0v) is 11.1. The molecule has 0 bridgehead atoms. The Labute approximate surface area is 112 Å². The van der Waals surface area contributed by atoms with Gasteiger partial charge in [0, 0.05) is 6.54 Å². The number of aryl methyl sites for hydroxylation is 1. The quantitative estimate of drug-likeness (QED) is 0.911. The number of hydrogen-bond donors (Lipinski definition) is 1. The molecule has 0 fully saturated rings. The van der Waals surface area contributed by atoms with Gasteiger partial charge in [-0.05, 0) is 29.0 Å². The Morgan fingerprint density at radius 3 is 3.00 bits per heavy atom. The van der Waals surface area contributed by atoms with Gasteiger partial charge in [0.2, 0.25) is 0 Å². The highest BCUT2D eigenvalue weighted by Gasteiger charge is 2.15. The summed E-state index contributed by atoms with van der Waals surface area (Å²) in [4.78, 5) is 11.6. The van der Waals surface area contributed by atoms with Crippen molar-refractivity contribution in [1.82, 2.24) is 20.2 Å². The summed E-state index contributed by atoms with van der Waals surface area (Å²) in [5.74, 6) is -0.623. The minimum absolute atomic E-state index is 0.422. The molecule has 1 N–H and O–H groups in total. The molecule has 18 heavy (non-hydrogen) atoms. The van der Waals surface area contributed by atoms with E-state index in [2.05, 4.69) is 15.5 Å². The minimum atomic E-state index is -0.816. The average Bonchev–Trinajstić information content (AvgIpc) is 2.93. The minimum Gasteiger partial charge on any atom is -0.481 e. The monoisotopic (exact) mass is 286 g/mol. The zero-order valence-electron chi connectivity index (χ0n) is 9.58. The van der Waals surface area contributed by atoms with E-state index in [-0.39, 0.29) is 0 Å². The topological polar surface area (TPSA) is 80.9 Å². The molecule has 6 nitrogen and oxygen atoms in total. The SMILES string of the molecule is CC(CCn1nnnc1-c1ccc(Cl)s1)C(=O)O. The number of thiophene rings is 1. The van der Waals surface area contributed by atoms with Gasteiger partial charge in [0.1, 0.15) is 0 Å². The summed E-state index contributed by atoms with van der Waals surface area (Å²) < 4.78 is 2.26. The Morgan fingerprint density at radius 2 is 2.39 bits per heavy atom. The van der Waals surface area contributed by atoms with Gasteiger partial charge in [0.05, 0.1) is 15.1 Å². The van der Waals surface area contributed by atoms with E-state index < -0.39 is 11.9 Å². The van der Waals surface area contributed by atoms with E-state index in [9.17, 15) is 4.79 Å². The van der Waals surface area contributed by atoms with E-state index >= 15 is 0 Å². The molecule has 1 unspecified atom stereocenters. The van der Waals surface area contributed by atoms with Gasteiger partial charge in [-0.15, -0.1) is 16.4 Å². The van der Waals surface area contributed by atoms with Crippen LogP contribution in [0.25, 0.3) is 10.7 Å². The molecule has 2 aromatic heterocycles. The van der Waals surface area contributed by atoms with Crippen molar-refractivity contribution in [2.45, 2.75) is 19.9 Å². The second kappa shape index (κ2) is 5.45.